The van der Waals surface area contributed by atoms with E-state index in [4.69, 9.17) is 4.74 Å². The molecule has 2 fully saturated rings. The number of aryl methyl sites for hydroxylation is 1. The van der Waals surface area contributed by atoms with Crippen LogP contribution in [-0.2, 0) is 11.3 Å². The first-order chi connectivity index (χ1) is 10.1. The molecule has 0 spiro atoms. The van der Waals surface area contributed by atoms with Crippen molar-refractivity contribution in [3.63, 3.8) is 0 Å². The van der Waals surface area contributed by atoms with Gasteiger partial charge >= 0.3 is 0 Å². The van der Waals surface area contributed by atoms with Crippen molar-refractivity contribution in [2.24, 2.45) is 11.8 Å². The van der Waals surface area contributed by atoms with E-state index in [1.165, 1.54) is 18.7 Å². The summed E-state index contributed by atoms with van der Waals surface area (Å²) in [6, 6.07) is 6.31. The second-order valence-electron chi connectivity index (χ2n) is 6.85. The maximum absolute atomic E-state index is 6.04. The summed E-state index contributed by atoms with van der Waals surface area (Å²) < 4.78 is 6.04. The van der Waals surface area contributed by atoms with Crippen LogP contribution in [0, 0.1) is 18.8 Å². The first-order valence-electron chi connectivity index (χ1n) is 8.03. The third kappa shape index (κ3) is 3.62. The maximum Gasteiger partial charge on any atom is 0.0734 e. The molecule has 2 aliphatic rings. The Bertz CT molecular complexity index is 477. The summed E-state index contributed by atoms with van der Waals surface area (Å²) in [7, 11) is 4.27. The number of piperidine rings is 1. The van der Waals surface area contributed by atoms with Crippen LogP contribution >= 0.6 is 0 Å². The topological polar surface area (TPSA) is 28.6 Å². The molecule has 3 atom stereocenters. The SMILES string of the molecule is Cc1cccc(CN2CC[C@@H]3[C@@H](CO[C@@H]3CN(C)C)C2)n1. The average molecular weight is 289 g/mol. The number of rotatable bonds is 4. The van der Waals surface area contributed by atoms with Gasteiger partial charge in [-0.25, -0.2) is 0 Å². The van der Waals surface area contributed by atoms with Crippen LogP contribution in [0.5, 0.6) is 0 Å². The van der Waals surface area contributed by atoms with Gasteiger partial charge in [0, 0.05) is 31.2 Å². The molecule has 1 aromatic rings. The monoisotopic (exact) mass is 289 g/mol. The van der Waals surface area contributed by atoms with Crippen LogP contribution in [0.3, 0.4) is 0 Å². The summed E-state index contributed by atoms with van der Waals surface area (Å²) in [6.07, 6.45) is 1.69. The second kappa shape index (κ2) is 6.42. The summed E-state index contributed by atoms with van der Waals surface area (Å²) in [5.74, 6) is 1.45. The van der Waals surface area contributed by atoms with Crippen molar-refractivity contribution in [2.75, 3.05) is 40.3 Å². The minimum absolute atomic E-state index is 0.434. The molecule has 4 nitrogen and oxygen atoms in total. The molecule has 2 saturated heterocycles. The maximum atomic E-state index is 6.04. The molecule has 0 unspecified atom stereocenters. The highest BCUT2D eigenvalue weighted by Gasteiger charge is 2.40. The van der Waals surface area contributed by atoms with Gasteiger partial charge in [-0.2, -0.15) is 0 Å². The first-order valence-corrected chi connectivity index (χ1v) is 8.03. The van der Waals surface area contributed by atoms with Crippen LogP contribution < -0.4 is 0 Å². The van der Waals surface area contributed by atoms with E-state index in [-0.39, 0.29) is 0 Å². The van der Waals surface area contributed by atoms with Gasteiger partial charge in [0.25, 0.3) is 0 Å². The van der Waals surface area contributed by atoms with Crippen molar-refractivity contribution in [3.05, 3.63) is 29.6 Å². The van der Waals surface area contributed by atoms with Gasteiger partial charge in [0.1, 0.15) is 0 Å². The zero-order chi connectivity index (χ0) is 14.8. The number of ether oxygens (including phenoxy) is 1. The molecule has 0 bridgehead atoms. The molecular formula is C17H27N3O. The van der Waals surface area contributed by atoms with Crippen molar-refractivity contribution >= 4 is 0 Å². The predicted octanol–water partition coefficient (Wildman–Crippen LogP) is 1.79. The van der Waals surface area contributed by atoms with Crippen molar-refractivity contribution < 1.29 is 4.74 Å². The lowest BCUT2D eigenvalue weighted by molar-refractivity contribution is 0.0625. The highest BCUT2D eigenvalue weighted by Crippen LogP contribution is 2.34. The quantitative estimate of drug-likeness (QED) is 0.845. The van der Waals surface area contributed by atoms with E-state index in [1.54, 1.807) is 0 Å². The Morgan fingerprint density at radius 3 is 3.00 bits per heavy atom. The van der Waals surface area contributed by atoms with Crippen molar-refractivity contribution in [2.45, 2.75) is 26.0 Å². The van der Waals surface area contributed by atoms with Crippen molar-refractivity contribution in [3.8, 4) is 0 Å². The molecule has 0 amide bonds. The lowest BCUT2D eigenvalue weighted by Crippen LogP contribution is -2.42. The largest absolute Gasteiger partial charge is 0.376 e. The van der Waals surface area contributed by atoms with Gasteiger partial charge in [0.05, 0.1) is 18.4 Å². The first kappa shape index (κ1) is 14.9. The molecular weight excluding hydrogens is 262 g/mol. The number of hydrogen-bond acceptors (Lipinski definition) is 4. The van der Waals surface area contributed by atoms with E-state index in [9.17, 15) is 0 Å². The molecule has 1 aromatic heterocycles. The molecule has 0 aliphatic carbocycles. The fourth-order valence-corrected chi connectivity index (χ4v) is 3.77. The number of likely N-dealkylation sites (N-methyl/N-ethyl adjacent to an activating group) is 1. The standard InChI is InChI=1S/C17H27N3O/c1-13-5-4-6-15(18-13)10-20-8-7-16-14(9-20)12-21-17(16)11-19(2)3/h4-6,14,16-17H,7-12H2,1-3H3/t14-,16-,17-/m1/s1. The fourth-order valence-electron chi connectivity index (χ4n) is 3.77. The van der Waals surface area contributed by atoms with Gasteiger partial charge in [0.15, 0.2) is 0 Å². The predicted molar refractivity (Wildman–Crippen MR) is 84.1 cm³/mol. The summed E-state index contributed by atoms with van der Waals surface area (Å²) >= 11 is 0. The molecule has 0 aromatic carbocycles. The number of pyridine rings is 1. The van der Waals surface area contributed by atoms with Crippen LogP contribution in [-0.4, -0.2) is 61.2 Å². The zero-order valence-corrected chi connectivity index (χ0v) is 13.5. The molecule has 0 radical (unpaired) electrons. The molecule has 3 rings (SSSR count). The Morgan fingerprint density at radius 2 is 2.24 bits per heavy atom. The Labute approximate surface area is 128 Å². The molecule has 0 N–H and O–H groups in total. The fraction of sp³-hybridized carbons (Fsp3) is 0.706. The average Bonchev–Trinajstić information content (AvgIpc) is 2.81. The lowest BCUT2D eigenvalue weighted by Gasteiger charge is -2.35. The third-order valence-electron chi connectivity index (χ3n) is 4.76. The van der Waals surface area contributed by atoms with Gasteiger partial charge < -0.3 is 9.64 Å². The molecule has 4 heteroatoms. The summed E-state index contributed by atoms with van der Waals surface area (Å²) in [4.78, 5) is 9.42. The van der Waals surface area contributed by atoms with Crippen LogP contribution in [0.15, 0.2) is 18.2 Å². The number of likely N-dealkylation sites (tertiary alicyclic amines) is 1. The Balaban J connectivity index is 1.56. The smallest absolute Gasteiger partial charge is 0.0734 e. The molecule has 3 heterocycles. The van der Waals surface area contributed by atoms with E-state index >= 15 is 0 Å². The third-order valence-corrected chi connectivity index (χ3v) is 4.76. The minimum atomic E-state index is 0.434. The molecule has 0 saturated carbocycles. The van der Waals surface area contributed by atoms with E-state index in [1.807, 2.05) is 0 Å². The molecule has 2 aliphatic heterocycles. The van der Waals surface area contributed by atoms with E-state index in [0.717, 1.165) is 37.9 Å². The van der Waals surface area contributed by atoms with Crippen molar-refractivity contribution in [1.82, 2.24) is 14.8 Å². The van der Waals surface area contributed by atoms with Crippen LogP contribution in [0.2, 0.25) is 0 Å². The summed E-state index contributed by atoms with van der Waals surface area (Å²) in [5, 5.41) is 0. The normalized spacial score (nSPS) is 29.8. The van der Waals surface area contributed by atoms with Crippen LogP contribution in [0.1, 0.15) is 17.8 Å². The Morgan fingerprint density at radius 1 is 1.38 bits per heavy atom. The zero-order valence-electron chi connectivity index (χ0n) is 13.5. The minimum Gasteiger partial charge on any atom is -0.376 e. The van der Waals surface area contributed by atoms with Crippen molar-refractivity contribution in [1.29, 1.82) is 0 Å². The summed E-state index contributed by atoms with van der Waals surface area (Å²) in [5.41, 5.74) is 2.30. The lowest BCUT2D eigenvalue weighted by atomic mass is 9.84. The van der Waals surface area contributed by atoms with Gasteiger partial charge in [-0.3, -0.25) is 9.88 Å². The van der Waals surface area contributed by atoms with Gasteiger partial charge in [0.2, 0.25) is 0 Å². The van der Waals surface area contributed by atoms with Crippen LogP contribution in [0.4, 0.5) is 0 Å². The van der Waals surface area contributed by atoms with Gasteiger partial charge in [-0.1, -0.05) is 6.07 Å². The number of aromatic nitrogens is 1. The number of nitrogens with zero attached hydrogens (tertiary/aromatic N) is 3. The molecule has 21 heavy (non-hydrogen) atoms. The highest BCUT2D eigenvalue weighted by molar-refractivity contribution is 5.10. The van der Waals surface area contributed by atoms with E-state index < -0.39 is 0 Å². The molecule has 116 valence electrons. The Hall–Kier alpha value is -0.970. The Kier molecular flexibility index (Phi) is 4.57. The van der Waals surface area contributed by atoms with Crippen LogP contribution in [0.25, 0.3) is 0 Å². The number of hydrogen-bond donors (Lipinski definition) is 0. The second-order valence-corrected chi connectivity index (χ2v) is 6.85. The highest BCUT2D eigenvalue weighted by atomic mass is 16.5. The van der Waals surface area contributed by atoms with Gasteiger partial charge in [-0.15, -0.1) is 0 Å². The van der Waals surface area contributed by atoms with Gasteiger partial charge in [-0.05, 0) is 52.0 Å². The summed E-state index contributed by atoms with van der Waals surface area (Å²) in [6.45, 7) is 7.35. The number of fused-ring (bicyclic) bond motifs is 1. The van der Waals surface area contributed by atoms with E-state index in [2.05, 4.69) is 54.0 Å². The van der Waals surface area contributed by atoms with E-state index in [0.29, 0.717) is 12.0 Å².